The number of fused-ring (bicyclic) bond motifs is 13. The summed E-state index contributed by atoms with van der Waals surface area (Å²) in [6, 6.07) is 30.9. The van der Waals surface area contributed by atoms with Crippen LogP contribution in [-0.4, -0.2) is 18.9 Å². The van der Waals surface area contributed by atoms with Crippen molar-refractivity contribution in [3.8, 4) is 16.8 Å². The number of imidazole rings is 1. The van der Waals surface area contributed by atoms with Gasteiger partial charge in [0.15, 0.2) is 0 Å². The molecule has 1 aliphatic rings. The van der Waals surface area contributed by atoms with Crippen molar-refractivity contribution in [3.63, 3.8) is 0 Å². The fourth-order valence-electron chi connectivity index (χ4n) is 6.55. The molecule has 172 valence electrons. The van der Waals surface area contributed by atoms with Gasteiger partial charge in [0, 0.05) is 52.0 Å². The molecule has 0 N–H and O–H groups in total. The minimum absolute atomic E-state index is 0.930. The normalized spacial score (nSPS) is 12.8. The van der Waals surface area contributed by atoms with Crippen LogP contribution in [-0.2, 0) is 6.42 Å². The topological polar surface area (TPSA) is 35.1 Å². The highest BCUT2D eigenvalue weighted by Crippen LogP contribution is 2.47. The zero-order chi connectivity index (χ0) is 24.1. The van der Waals surface area contributed by atoms with E-state index in [-0.39, 0.29) is 0 Å². The van der Waals surface area contributed by atoms with Gasteiger partial charge in [-0.05, 0) is 76.5 Å². The first-order chi connectivity index (χ1) is 18.4. The second-order valence-electron chi connectivity index (χ2n) is 9.93. The third-order valence-electron chi connectivity index (χ3n) is 8.06. The van der Waals surface area contributed by atoms with Gasteiger partial charge in [-0.2, -0.15) is 0 Å². The first-order valence-corrected chi connectivity index (χ1v) is 12.6. The maximum atomic E-state index is 4.74. The number of hydrogen-bond acceptors (Lipinski definition) is 2. The van der Waals surface area contributed by atoms with Gasteiger partial charge in [-0.15, -0.1) is 0 Å². The SMILES string of the molecule is c1ccc(-n2c3ccccc3c3c4c(ccc32)Cc2cc3c(cc2-4)c2cnccc2n2ccnc32)cc1. The quantitative estimate of drug-likeness (QED) is 0.229. The molecular weight excluding hydrogens is 452 g/mol. The largest absolute Gasteiger partial charge is 0.309 e. The lowest BCUT2D eigenvalue weighted by Crippen LogP contribution is -1.93. The highest BCUT2D eigenvalue weighted by molar-refractivity contribution is 6.19. The van der Waals surface area contributed by atoms with Crippen LogP contribution in [0.1, 0.15) is 11.1 Å². The van der Waals surface area contributed by atoms with E-state index in [9.17, 15) is 0 Å². The Morgan fingerprint density at radius 1 is 0.649 bits per heavy atom. The fourth-order valence-corrected chi connectivity index (χ4v) is 6.55. The van der Waals surface area contributed by atoms with Gasteiger partial charge in [0.1, 0.15) is 5.65 Å². The average Bonchev–Trinajstić information content (AvgIpc) is 3.66. The third-order valence-corrected chi connectivity index (χ3v) is 8.06. The molecule has 1 aliphatic carbocycles. The number of para-hydroxylation sites is 2. The van der Waals surface area contributed by atoms with E-state index in [1.807, 2.05) is 24.8 Å². The van der Waals surface area contributed by atoms with Crippen LogP contribution in [0.3, 0.4) is 0 Å². The summed E-state index contributed by atoms with van der Waals surface area (Å²) in [5.74, 6) is 0. The number of aromatic nitrogens is 4. The molecule has 0 atom stereocenters. The Morgan fingerprint density at radius 3 is 2.49 bits per heavy atom. The maximum absolute atomic E-state index is 4.74. The lowest BCUT2D eigenvalue weighted by atomic mass is 9.96. The van der Waals surface area contributed by atoms with Crippen LogP contribution in [0.25, 0.3) is 65.9 Å². The fraction of sp³-hybridized carbons (Fsp3) is 0.0303. The number of rotatable bonds is 1. The highest BCUT2D eigenvalue weighted by atomic mass is 15.0. The summed E-state index contributed by atoms with van der Waals surface area (Å²) >= 11 is 0. The van der Waals surface area contributed by atoms with Gasteiger partial charge in [0.25, 0.3) is 0 Å². The molecule has 4 aromatic heterocycles. The molecule has 4 nitrogen and oxygen atoms in total. The minimum Gasteiger partial charge on any atom is -0.309 e. The molecule has 0 saturated carbocycles. The molecule has 0 spiro atoms. The Bertz CT molecular complexity index is 2220. The molecular formula is C33H20N4. The van der Waals surface area contributed by atoms with Crippen molar-refractivity contribution in [3.05, 3.63) is 121 Å². The summed E-state index contributed by atoms with van der Waals surface area (Å²) in [7, 11) is 0. The van der Waals surface area contributed by atoms with E-state index in [0.717, 1.165) is 23.0 Å². The summed E-state index contributed by atoms with van der Waals surface area (Å²) < 4.78 is 4.58. The van der Waals surface area contributed by atoms with Gasteiger partial charge in [-0.25, -0.2) is 4.98 Å². The number of pyridine rings is 2. The van der Waals surface area contributed by atoms with Crippen molar-refractivity contribution in [2.45, 2.75) is 6.42 Å². The van der Waals surface area contributed by atoms with Crippen molar-refractivity contribution in [1.29, 1.82) is 0 Å². The Kier molecular flexibility index (Phi) is 3.55. The van der Waals surface area contributed by atoms with E-state index < -0.39 is 0 Å². The Balaban J connectivity index is 1.44. The zero-order valence-electron chi connectivity index (χ0n) is 19.9. The Morgan fingerprint density at radius 2 is 1.54 bits per heavy atom. The summed E-state index contributed by atoms with van der Waals surface area (Å²) in [5, 5.41) is 6.16. The molecule has 0 fully saturated rings. The Labute approximate surface area is 212 Å². The third kappa shape index (κ3) is 2.42. The predicted octanol–water partition coefficient (Wildman–Crippen LogP) is 7.70. The molecule has 4 heterocycles. The van der Waals surface area contributed by atoms with E-state index >= 15 is 0 Å². The molecule has 8 aromatic rings. The first kappa shape index (κ1) is 19.3. The zero-order valence-corrected chi connectivity index (χ0v) is 19.9. The highest BCUT2D eigenvalue weighted by Gasteiger charge is 2.26. The van der Waals surface area contributed by atoms with Crippen LogP contribution in [0.2, 0.25) is 0 Å². The van der Waals surface area contributed by atoms with Gasteiger partial charge in [0.05, 0.1) is 16.6 Å². The van der Waals surface area contributed by atoms with Gasteiger partial charge < -0.3 is 4.57 Å². The second-order valence-corrected chi connectivity index (χ2v) is 9.93. The summed E-state index contributed by atoms with van der Waals surface area (Å²) in [4.78, 5) is 9.22. The molecule has 0 saturated heterocycles. The molecule has 4 aromatic carbocycles. The summed E-state index contributed by atoms with van der Waals surface area (Å²) in [5.41, 5.74) is 11.2. The molecule has 0 bridgehead atoms. The van der Waals surface area contributed by atoms with Crippen LogP contribution in [0.15, 0.2) is 110 Å². The van der Waals surface area contributed by atoms with Crippen molar-refractivity contribution < 1.29 is 0 Å². The van der Waals surface area contributed by atoms with Gasteiger partial charge in [0.2, 0.25) is 0 Å². The van der Waals surface area contributed by atoms with Gasteiger partial charge >= 0.3 is 0 Å². The number of benzene rings is 4. The summed E-state index contributed by atoms with van der Waals surface area (Å²) in [6.07, 6.45) is 8.71. The minimum atomic E-state index is 0.930. The van der Waals surface area contributed by atoms with Crippen LogP contribution in [0.5, 0.6) is 0 Å². The predicted molar refractivity (Wildman–Crippen MR) is 151 cm³/mol. The molecule has 0 radical (unpaired) electrons. The van der Waals surface area contributed by atoms with Crippen molar-refractivity contribution in [2.75, 3.05) is 0 Å². The molecule has 0 aliphatic heterocycles. The first-order valence-electron chi connectivity index (χ1n) is 12.6. The number of hydrogen-bond donors (Lipinski definition) is 0. The average molecular weight is 473 g/mol. The summed E-state index contributed by atoms with van der Waals surface area (Å²) in [6.45, 7) is 0. The van der Waals surface area contributed by atoms with Crippen LogP contribution < -0.4 is 0 Å². The maximum Gasteiger partial charge on any atom is 0.145 e. The van der Waals surface area contributed by atoms with Gasteiger partial charge in [-0.1, -0.05) is 42.5 Å². The molecule has 37 heavy (non-hydrogen) atoms. The lowest BCUT2D eigenvalue weighted by Gasteiger charge is -2.11. The molecule has 9 rings (SSSR count). The van der Waals surface area contributed by atoms with E-state index in [2.05, 4.69) is 98.9 Å². The standard InChI is InChI=1S/C33H20N4/c1-2-6-22(7-3-1)37-29-9-5-4-8-23(29)32-30(37)11-10-20-16-21-17-26-25(18-24(21)31(20)32)27-19-34-13-12-28(27)36-15-14-35-33(26)36/h1-15,17-19H,16H2. The van der Waals surface area contributed by atoms with Crippen molar-refractivity contribution in [2.24, 2.45) is 0 Å². The molecule has 4 heteroatoms. The molecule has 0 unspecified atom stereocenters. The number of nitrogens with zero attached hydrogens (tertiary/aromatic N) is 4. The van der Waals surface area contributed by atoms with E-state index in [1.54, 1.807) is 0 Å². The smallest absolute Gasteiger partial charge is 0.145 e. The van der Waals surface area contributed by atoms with Crippen molar-refractivity contribution >= 4 is 49.1 Å². The van der Waals surface area contributed by atoms with Crippen LogP contribution in [0, 0.1) is 0 Å². The van der Waals surface area contributed by atoms with E-state index in [1.165, 1.54) is 60.5 Å². The van der Waals surface area contributed by atoms with Crippen LogP contribution >= 0.6 is 0 Å². The Hall–Kier alpha value is -4.96. The van der Waals surface area contributed by atoms with Gasteiger partial charge in [-0.3, -0.25) is 9.38 Å². The van der Waals surface area contributed by atoms with Crippen molar-refractivity contribution in [1.82, 2.24) is 18.9 Å². The lowest BCUT2D eigenvalue weighted by molar-refractivity contribution is 1.18. The molecule has 0 amide bonds. The van der Waals surface area contributed by atoms with E-state index in [0.29, 0.717) is 0 Å². The van der Waals surface area contributed by atoms with Crippen LogP contribution in [0.4, 0.5) is 0 Å². The monoisotopic (exact) mass is 472 g/mol. The van der Waals surface area contributed by atoms with E-state index in [4.69, 9.17) is 4.98 Å². The second kappa shape index (κ2) is 6.83.